The molecule has 2 atom stereocenters. The lowest BCUT2D eigenvalue weighted by Crippen LogP contribution is -2.45. The lowest BCUT2D eigenvalue weighted by atomic mass is 10.1. The topological polar surface area (TPSA) is 53.8 Å². The zero-order valence-corrected chi connectivity index (χ0v) is 20.1. The first-order valence-corrected chi connectivity index (χ1v) is 12.2. The molecule has 1 saturated carbocycles. The normalized spacial score (nSPS) is 16.9. The molecule has 0 radical (unpaired) electrons. The molecule has 0 bridgehead atoms. The Morgan fingerprint density at radius 1 is 0.941 bits per heavy atom. The number of rotatable bonds is 11. The van der Waals surface area contributed by atoms with E-state index in [1.165, 1.54) is 11.1 Å². The predicted molar refractivity (Wildman–Crippen MR) is 133 cm³/mol. The van der Waals surface area contributed by atoms with Gasteiger partial charge in [-0.3, -0.25) is 9.59 Å². The summed E-state index contributed by atoms with van der Waals surface area (Å²) in [6.07, 6.45) is 3.24. The van der Waals surface area contributed by atoms with Crippen LogP contribution in [0.3, 0.4) is 0 Å². The van der Waals surface area contributed by atoms with Crippen LogP contribution in [-0.2, 0) is 22.6 Å². The summed E-state index contributed by atoms with van der Waals surface area (Å²) >= 11 is 0. The van der Waals surface area contributed by atoms with Crippen molar-refractivity contribution in [2.75, 3.05) is 19.6 Å². The highest BCUT2D eigenvalue weighted by Gasteiger charge is 2.46. The largest absolute Gasteiger partial charge is 0.467 e. The third-order valence-electron chi connectivity index (χ3n) is 6.35. The van der Waals surface area contributed by atoms with Gasteiger partial charge in [-0.15, -0.1) is 0 Å². The third-order valence-corrected chi connectivity index (χ3v) is 6.35. The molecule has 2 amide bonds. The van der Waals surface area contributed by atoms with Crippen molar-refractivity contribution in [3.8, 4) is 0 Å². The van der Waals surface area contributed by atoms with Crippen LogP contribution >= 0.6 is 0 Å². The molecule has 178 valence electrons. The Balaban J connectivity index is 1.44. The quantitative estimate of drug-likeness (QED) is 0.400. The molecule has 5 heteroatoms. The minimum absolute atomic E-state index is 0.0307. The number of amides is 2. The van der Waals surface area contributed by atoms with Gasteiger partial charge in [0.05, 0.1) is 19.4 Å². The van der Waals surface area contributed by atoms with Crippen LogP contribution in [0.2, 0.25) is 0 Å². The molecule has 1 aliphatic carbocycles. The molecule has 3 aromatic rings. The fourth-order valence-electron chi connectivity index (χ4n) is 4.50. The highest BCUT2D eigenvalue weighted by molar-refractivity contribution is 5.88. The molecule has 0 aliphatic heterocycles. The number of nitrogens with zero attached hydrogens (tertiary/aromatic N) is 2. The van der Waals surface area contributed by atoms with Crippen LogP contribution in [0.5, 0.6) is 0 Å². The van der Waals surface area contributed by atoms with Crippen molar-refractivity contribution in [1.82, 2.24) is 9.80 Å². The number of benzene rings is 2. The van der Waals surface area contributed by atoms with Gasteiger partial charge in [0.2, 0.25) is 11.8 Å². The van der Waals surface area contributed by atoms with E-state index in [0.29, 0.717) is 19.6 Å². The van der Waals surface area contributed by atoms with Crippen LogP contribution in [0, 0.1) is 11.8 Å². The van der Waals surface area contributed by atoms with Crippen molar-refractivity contribution in [2.45, 2.75) is 39.2 Å². The maximum Gasteiger partial charge on any atom is 0.242 e. The van der Waals surface area contributed by atoms with Gasteiger partial charge in [-0.25, -0.2) is 0 Å². The molecular weight excluding hydrogens is 424 g/mol. The van der Waals surface area contributed by atoms with Crippen molar-refractivity contribution in [2.24, 2.45) is 11.8 Å². The van der Waals surface area contributed by atoms with Gasteiger partial charge in [0.15, 0.2) is 0 Å². The Bertz CT molecular complexity index is 1050. The van der Waals surface area contributed by atoms with Crippen LogP contribution < -0.4 is 0 Å². The summed E-state index contributed by atoms with van der Waals surface area (Å²) in [5.41, 5.74) is 2.39. The molecule has 1 fully saturated rings. The molecule has 2 aromatic carbocycles. The van der Waals surface area contributed by atoms with E-state index in [9.17, 15) is 9.59 Å². The summed E-state index contributed by atoms with van der Waals surface area (Å²) in [5, 5.41) is 0. The highest BCUT2D eigenvalue weighted by Crippen LogP contribution is 2.48. The average molecular weight is 459 g/mol. The number of carbonyl (C=O) groups excluding carboxylic acids is 2. The molecular formula is C29H34N2O3. The van der Waals surface area contributed by atoms with E-state index in [1.807, 2.05) is 53.4 Å². The van der Waals surface area contributed by atoms with E-state index in [1.54, 1.807) is 11.2 Å². The lowest BCUT2D eigenvalue weighted by Gasteiger charge is -2.28. The van der Waals surface area contributed by atoms with Gasteiger partial charge in [0.25, 0.3) is 0 Å². The first-order valence-electron chi connectivity index (χ1n) is 12.2. The summed E-state index contributed by atoms with van der Waals surface area (Å²) in [5.74, 6) is 1.31. The first-order chi connectivity index (χ1) is 16.5. The Morgan fingerprint density at radius 2 is 1.65 bits per heavy atom. The minimum atomic E-state index is -0.0433. The monoisotopic (exact) mass is 458 g/mol. The Kier molecular flexibility index (Phi) is 7.84. The minimum Gasteiger partial charge on any atom is -0.467 e. The average Bonchev–Trinajstić information content (AvgIpc) is 3.48. The van der Waals surface area contributed by atoms with Crippen LogP contribution in [0.1, 0.15) is 43.1 Å². The van der Waals surface area contributed by atoms with E-state index in [4.69, 9.17) is 4.42 Å². The van der Waals surface area contributed by atoms with Gasteiger partial charge >= 0.3 is 0 Å². The summed E-state index contributed by atoms with van der Waals surface area (Å²) < 4.78 is 5.52. The van der Waals surface area contributed by atoms with Crippen LogP contribution in [0.25, 0.3) is 0 Å². The van der Waals surface area contributed by atoms with E-state index >= 15 is 0 Å². The second kappa shape index (κ2) is 11.2. The number of furan rings is 1. The van der Waals surface area contributed by atoms with Gasteiger partial charge in [0, 0.05) is 19.0 Å². The third kappa shape index (κ3) is 6.37. The Hall–Kier alpha value is -3.34. The molecule has 0 N–H and O–H groups in total. The van der Waals surface area contributed by atoms with Gasteiger partial charge in [-0.2, -0.15) is 0 Å². The van der Waals surface area contributed by atoms with Crippen LogP contribution in [0.15, 0.2) is 83.5 Å². The smallest absolute Gasteiger partial charge is 0.242 e. The number of hydrogen-bond donors (Lipinski definition) is 0. The lowest BCUT2D eigenvalue weighted by molar-refractivity contribution is -0.142. The second-order valence-corrected chi connectivity index (χ2v) is 9.60. The molecule has 0 saturated heterocycles. The summed E-state index contributed by atoms with van der Waals surface area (Å²) in [6.45, 7) is 5.83. The van der Waals surface area contributed by atoms with Gasteiger partial charge in [-0.05, 0) is 47.9 Å². The maximum atomic E-state index is 13.5. The molecule has 1 aliphatic rings. The fraction of sp³-hybridized carbons (Fsp3) is 0.379. The molecule has 1 aromatic heterocycles. The second-order valence-electron chi connectivity index (χ2n) is 9.60. The van der Waals surface area contributed by atoms with Crippen molar-refractivity contribution < 1.29 is 14.0 Å². The van der Waals surface area contributed by atoms with E-state index in [-0.39, 0.29) is 36.1 Å². The summed E-state index contributed by atoms with van der Waals surface area (Å²) in [7, 11) is 0. The van der Waals surface area contributed by atoms with E-state index in [0.717, 1.165) is 18.6 Å². The Labute approximate surface area is 202 Å². The van der Waals surface area contributed by atoms with Crippen molar-refractivity contribution in [3.05, 3.63) is 95.9 Å². The van der Waals surface area contributed by atoms with Crippen LogP contribution in [0.4, 0.5) is 0 Å². The van der Waals surface area contributed by atoms with Crippen molar-refractivity contribution in [3.63, 3.8) is 0 Å². The molecule has 5 nitrogen and oxygen atoms in total. The van der Waals surface area contributed by atoms with E-state index < -0.39 is 0 Å². The predicted octanol–water partition coefficient (Wildman–Crippen LogP) is 5.14. The molecule has 1 heterocycles. The SMILES string of the molecule is CC(C)CN(CC(=O)N(CCc1ccccc1)Cc1ccco1)C(=O)C1CC1c1ccccc1. The van der Waals surface area contributed by atoms with Gasteiger partial charge < -0.3 is 14.2 Å². The number of hydrogen-bond acceptors (Lipinski definition) is 3. The van der Waals surface area contributed by atoms with E-state index in [2.05, 4.69) is 38.1 Å². The summed E-state index contributed by atoms with van der Waals surface area (Å²) in [4.78, 5) is 30.5. The van der Waals surface area contributed by atoms with Gasteiger partial charge in [0.1, 0.15) is 5.76 Å². The van der Waals surface area contributed by atoms with Crippen molar-refractivity contribution in [1.29, 1.82) is 0 Å². The highest BCUT2D eigenvalue weighted by atomic mass is 16.3. The molecule has 34 heavy (non-hydrogen) atoms. The molecule has 2 unspecified atom stereocenters. The zero-order valence-electron chi connectivity index (χ0n) is 20.1. The molecule has 0 spiro atoms. The first kappa shape index (κ1) is 23.8. The fourth-order valence-corrected chi connectivity index (χ4v) is 4.50. The van der Waals surface area contributed by atoms with Gasteiger partial charge in [-0.1, -0.05) is 74.5 Å². The standard InChI is InChI=1S/C29H34N2O3/c1-22(2)19-31(29(33)27-18-26(27)24-12-7-4-8-13-24)21-28(32)30(20-25-14-9-17-34-25)16-15-23-10-5-3-6-11-23/h3-14,17,22,26-27H,15-16,18-21H2,1-2H3. The summed E-state index contributed by atoms with van der Waals surface area (Å²) in [6, 6.07) is 24.1. The maximum absolute atomic E-state index is 13.5. The number of carbonyl (C=O) groups is 2. The Morgan fingerprint density at radius 3 is 2.29 bits per heavy atom. The molecule has 4 rings (SSSR count). The zero-order chi connectivity index (χ0) is 23.9. The van der Waals surface area contributed by atoms with Crippen molar-refractivity contribution >= 4 is 11.8 Å². The van der Waals surface area contributed by atoms with Crippen LogP contribution in [-0.4, -0.2) is 41.2 Å².